The summed E-state index contributed by atoms with van der Waals surface area (Å²) in [5.41, 5.74) is 6.66. The molecule has 1 unspecified atom stereocenters. The van der Waals surface area contributed by atoms with Crippen molar-refractivity contribution in [2.24, 2.45) is 0 Å². The van der Waals surface area contributed by atoms with Gasteiger partial charge in [-0.15, -0.1) is 0 Å². The van der Waals surface area contributed by atoms with Gasteiger partial charge in [-0.2, -0.15) is 23.5 Å². The second kappa shape index (κ2) is 8.19. The average Bonchev–Trinajstić information content (AvgIpc) is 2.52. The van der Waals surface area contributed by atoms with Crippen LogP contribution in [0, 0.1) is 0 Å². The first-order chi connectivity index (χ1) is 10.1. The van der Waals surface area contributed by atoms with Crippen molar-refractivity contribution in [3.8, 4) is 0 Å². The Morgan fingerprint density at radius 2 is 1.95 bits per heavy atom. The quantitative estimate of drug-likeness (QED) is 0.702. The Labute approximate surface area is 132 Å². The molecule has 0 bridgehead atoms. The summed E-state index contributed by atoms with van der Waals surface area (Å²) in [6.07, 6.45) is 0. The minimum Gasteiger partial charge on any atom is -0.399 e. The van der Waals surface area contributed by atoms with E-state index in [1.807, 2.05) is 23.5 Å². The summed E-state index contributed by atoms with van der Waals surface area (Å²) in [5.74, 6) is 2.97. The smallest absolute Gasteiger partial charge is 0.251 e. The molecule has 0 spiro atoms. The molecule has 1 atom stereocenters. The van der Waals surface area contributed by atoms with Crippen LogP contribution in [0.25, 0.3) is 0 Å². The van der Waals surface area contributed by atoms with E-state index in [0.29, 0.717) is 23.0 Å². The van der Waals surface area contributed by atoms with Crippen LogP contribution in [0.15, 0.2) is 24.3 Å². The number of hydrogen-bond donors (Lipinski definition) is 3. The first-order valence-electron chi connectivity index (χ1n) is 6.75. The predicted molar refractivity (Wildman–Crippen MR) is 89.8 cm³/mol. The van der Waals surface area contributed by atoms with E-state index in [1.165, 1.54) is 5.75 Å². The molecule has 1 aliphatic rings. The zero-order valence-corrected chi connectivity index (χ0v) is 13.3. The molecule has 7 heteroatoms. The van der Waals surface area contributed by atoms with Gasteiger partial charge < -0.3 is 16.4 Å². The fraction of sp³-hybridized carbons (Fsp3) is 0.429. The highest BCUT2D eigenvalue weighted by Crippen LogP contribution is 2.23. The molecular weight excluding hydrogens is 306 g/mol. The number of carbonyl (C=O) groups excluding carboxylic acids is 2. The lowest BCUT2D eigenvalue weighted by Gasteiger charge is -2.21. The maximum atomic E-state index is 11.8. The molecule has 4 N–H and O–H groups in total. The summed E-state index contributed by atoms with van der Waals surface area (Å²) in [4.78, 5) is 23.5. The van der Waals surface area contributed by atoms with Crippen LogP contribution in [0.2, 0.25) is 0 Å². The third-order valence-electron chi connectivity index (χ3n) is 2.99. The van der Waals surface area contributed by atoms with Crippen molar-refractivity contribution < 1.29 is 9.59 Å². The Bertz CT molecular complexity index is 487. The van der Waals surface area contributed by atoms with Gasteiger partial charge in [0.15, 0.2) is 0 Å². The van der Waals surface area contributed by atoms with Crippen LogP contribution in [0.3, 0.4) is 0 Å². The molecule has 1 heterocycles. The largest absolute Gasteiger partial charge is 0.399 e. The Balaban J connectivity index is 1.68. The maximum absolute atomic E-state index is 11.8. The van der Waals surface area contributed by atoms with Crippen molar-refractivity contribution >= 4 is 41.0 Å². The number of anilines is 1. The molecule has 2 amide bonds. The van der Waals surface area contributed by atoms with Crippen LogP contribution in [0.5, 0.6) is 0 Å². The molecule has 1 fully saturated rings. The highest BCUT2D eigenvalue weighted by molar-refractivity contribution is 8.06. The van der Waals surface area contributed by atoms with E-state index in [0.717, 1.165) is 11.5 Å². The summed E-state index contributed by atoms with van der Waals surface area (Å²) < 4.78 is 0. The molecule has 0 saturated carbocycles. The molecule has 0 radical (unpaired) electrons. The van der Waals surface area contributed by atoms with Crippen molar-refractivity contribution in [2.75, 3.05) is 36.1 Å². The first-order valence-corrected chi connectivity index (χ1v) is 8.95. The number of thioether (sulfide) groups is 2. The van der Waals surface area contributed by atoms with E-state index >= 15 is 0 Å². The molecule has 1 saturated heterocycles. The van der Waals surface area contributed by atoms with Crippen LogP contribution in [-0.2, 0) is 4.79 Å². The number of nitrogens with one attached hydrogen (secondary N) is 2. The fourth-order valence-corrected chi connectivity index (χ4v) is 4.45. The Hall–Kier alpha value is -1.34. The molecule has 1 aromatic carbocycles. The Morgan fingerprint density at radius 3 is 2.62 bits per heavy atom. The number of hydrogen-bond acceptors (Lipinski definition) is 5. The van der Waals surface area contributed by atoms with Gasteiger partial charge >= 0.3 is 0 Å². The molecule has 0 aromatic heterocycles. The average molecular weight is 325 g/mol. The number of nitrogen functional groups attached to an aromatic ring is 1. The van der Waals surface area contributed by atoms with Gasteiger partial charge in [-0.25, -0.2) is 0 Å². The number of benzene rings is 1. The lowest BCUT2D eigenvalue weighted by atomic mass is 10.2. The van der Waals surface area contributed by atoms with Gasteiger partial charge in [-0.05, 0) is 24.3 Å². The van der Waals surface area contributed by atoms with E-state index in [2.05, 4.69) is 10.6 Å². The number of nitrogens with two attached hydrogens (primary N) is 1. The highest BCUT2D eigenvalue weighted by Gasteiger charge is 2.15. The summed E-state index contributed by atoms with van der Waals surface area (Å²) in [7, 11) is 0. The number of carbonyl (C=O) groups is 2. The normalized spacial score (nSPS) is 18.0. The first kappa shape index (κ1) is 16.0. The van der Waals surface area contributed by atoms with Gasteiger partial charge in [-0.3, -0.25) is 9.59 Å². The van der Waals surface area contributed by atoms with Crippen molar-refractivity contribution in [2.45, 2.75) is 5.25 Å². The van der Waals surface area contributed by atoms with Crippen LogP contribution in [-0.4, -0.2) is 47.4 Å². The monoisotopic (exact) mass is 325 g/mol. The Kier molecular flexibility index (Phi) is 6.25. The Morgan fingerprint density at radius 1 is 1.19 bits per heavy atom. The molecule has 2 rings (SSSR count). The van der Waals surface area contributed by atoms with E-state index in [9.17, 15) is 9.59 Å². The van der Waals surface area contributed by atoms with E-state index in [4.69, 9.17) is 5.73 Å². The van der Waals surface area contributed by atoms with Crippen molar-refractivity contribution in [3.63, 3.8) is 0 Å². The summed E-state index contributed by atoms with van der Waals surface area (Å²) in [6.45, 7) is 0.655. The van der Waals surface area contributed by atoms with Crippen LogP contribution < -0.4 is 16.4 Å². The molecule has 5 nitrogen and oxygen atoms in total. The predicted octanol–water partition coefficient (Wildman–Crippen LogP) is 0.963. The van der Waals surface area contributed by atoms with Gasteiger partial charge in [0.25, 0.3) is 5.91 Å². The maximum Gasteiger partial charge on any atom is 0.251 e. The topological polar surface area (TPSA) is 84.2 Å². The van der Waals surface area contributed by atoms with Gasteiger partial charge in [0.05, 0.1) is 6.54 Å². The van der Waals surface area contributed by atoms with Crippen LogP contribution in [0.1, 0.15) is 10.4 Å². The minimum absolute atomic E-state index is 0.00621. The highest BCUT2D eigenvalue weighted by atomic mass is 32.2. The van der Waals surface area contributed by atoms with Crippen LogP contribution >= 0.6 is 23.5 Å². The third kappa shape index (κ3) is 5.51. The molecule has 114 valence electrons. The zero-order chi connectivity index (χ0) is 15.1. The van der Waals surface area contributed by atoms with Crippen molar-refractivity contribution in [3.05, 3.63) is 29.8 Å². The van der Waals surface area contributed by atoms with Crippen LogP contribution in [0.4, 0.5) is 5.69 Å². The minimum atomic E-state index is -0.271. The summed E-state index contributed by atoms with van der Waals surface area (Å²) in [5, 5.41) is 5.94. The lowest BCUT2D eigenvalue weighted by molar-refractivity contribution is -0.120. The van der Waals surface area contributed by atoms with Gasteiger partial charge in [-0.1, -0.05) is 0 Å². The van der Waals surface area contributed by atoms with Gasteiger partial charge in [0, 0.05) is 40.3 Å². The molecule has 0 aliphatic carbocycles. The van der Waals surface area contributed by atoms with E-state index in [1.54, 1.807) is 24.3 Å². The second-order valence-corrected chi connectivity index (χ2v) is 7.23. The van der Waals surface area contributed by atoms with E-state index in [-0.39, 0.29) is 18.4 Å². The molecule has 1 aromatic rings. The molecular formula is C14H19N3O2S2. The summed E-state index contributed by atoms with van der Waals surface area (Å²) >= 11 is 3.81. The second-order valence-electron chi connectivity index (χ2n) is 4.68. The van der Waals surface area contributed by atoms with Gasteiger partial charge in [0.2, 0.25) is 5.91 Å². The lowest BCUT2D eigenvalue weighted by Crippen LogP contribution is -2.40. The molecule has 21 heavy (non-hydrogen) atoms. The number of rotatable bonds is 5. The van der Waals surface area contributed by atoms with Gasteiger partial charge in [0.1, 0.15) is 0 Å². The standard InChI is InChI=1S/C14H19N3O2S2/c15-11-3-1-10(2-4-11)14(19)17-8-13(18)16-7-12-9-20-5-6-21-12/h1-4,12H,5-9,15H2,(H,16,18)(H,17,19). The van der Waals surface area contributed by atoms with E-state index < -0.39 is 0 Å². The fourth-order valence-electron chi connectivity index (χ4n) is 1.84. The SMILES string of the molecule is Nc1ccc(C(=O)NCC(=O)NCC2CSCCS2)cc1. The van der Waals surface area contributed by atoms with Crippen molar-refractivity contribution in [1.29, 1.82) is 0 Å². The third-order valence-corrected chi connectivity index (χ3v) is 5.84. The molecule has 1 aliphatic heterocycles. The summed E-state index contributed by atoms with van der Waals surface area (Å²) in [6, 6.07) is 6.59. The number of amides is 2. The van der Waals surface area contributed by atoms with Crippen molar-refractivity contribution in [1.82, 2.24) is 10.6 Å². The zero-order valence-electron chi connectivity index (χ0n) is 11.6.